The molecule has 1 amide bonds. The number of nitrogens with one attached hydrogen (secondary N) is 1. The standard InChI is InChI=1S/C20H19N5OS/c1-12-4-3-5-14(13(12)2)9-22-19(26)17-8-16(11-27-17)15-6-7-18-23-20(21)24-25(18)10-15/h3-8,10-11H,9H2,1-2H3,(H2,21,24)(H,22,26). The van der Waals surface area contributed by atoms with Gasteiger partial charge in [-0.15, -0.1) is 16.4 Å². The number of aryl methyl sites for hydroxylation is 1. The highest BCUT2D eigenvalue weighted by Crippen LogP contribution is 2.26. The Bertz CT molecular complexity index is 1140. The van der Waals surface area contributed by atoms with Gasteiger partial charge in [-0.25, -0.2) is 4.52 Å². The molecule has 4 rings (SSSR count). The number of hydrogen-bond donors (Lipinski definition) is 2. The summed E-state index contributed by atoms with van der Waals surface area (Å²) < 4.78 is 1.64. The molecule has 0 aliphatic carbocycles. The average molecular weight is 377 g/mol. The predicted molar refractivity (Wildman–Crippen MR) is 108 cm³/mol. The zero-order chi connectivity index (χ0) is 19.0. The molecule has 4 aromatic rings. The molecule has 0 fully saturated rings. The fourth-order valence-corrected chi connectivity index (χ4v) is 3.78. The van der Waals surface area contributed by atoms with E-state index in [0.717, 1.165) is 16.7 Å². The van der Waals surface area contributed by atoms with Crippen LogP contribution in [0, 0.1) is 13.8 Å². The summed E-state index contributed by atoms with van der Waals surface area (Å²) in [6.07, 6.45) is 1.86. The highest BCUT2D eigenvalue weighted by atomic mass is 32.1. The molecule has 0 atom stereocenters. The quantitative estimate of drug-likeness (QED) is 0.569. The van der Waals surface area contributed by atoms with Crippen molar-refractivity contribution in [2.45, 2.75) is 20.4 Å². The van der Waals surface area contributed by atoms with E-state index >= 15 is 0 Å². The van der Waals surface area contributed by atoms with Crippen molar-refractivity contribution in [3.05, 3.63) is 69.5 Å². The molecule has 7 heteroatoms. The van der Waals surface area contributed by atoms with Crippen molar-refractivity contribution in [3.63, 3.8) is 0 Å². The number of hydrogen-bond acceptors (Lipinski definition) is 5. The van der Waals surface area contributed by atoms with Gasteiger partial charge in [-0.3, -0.25) is 4.79 Å². The molecule has 0 bridgehead atoms. The third-order valence-electron chi connectivity index (χ3n) is 4.66. The van der Waals surface area contributed by atoms with Gasteiger partial charge in [-0.2, -0.15) is 4.98 Å². The number of benzene rings is 1. The Morgan fingerprint density at radius 3 is 2.93 bits per heavy atom. The first-order chi connectivity index (χ1) is 13.0. The maximum Gasteiger partial charge on any atom is 0.261 e. The summed E-state index contributed by atoms with van der Waals surface area (Å²) in [5.74, 6) is 0.169. The molecule has 27 heavy (non-hydrogen) atoms. The lowest BCUT2D eigenvalue weighted by Crippen LogP contribution is -2.22. The summed E-state index contributed by atoms with van der Waals surface area (Å²) in [5, 5.41) is 9.10. The average Bonchev–Trinajstić information content (AvgIpc) is 3.28. The molecule has 3 N–H and O–H groups in total. The molecule has 0 aliphatic heterocycles. The van der Waals surface area contributed by atoms with Crippen LogP contribution in [-0.2, 0) is 6.54 Å². The number of fused-ring (bicyclic) bond motifs is 1. The zero-order valence-electron chi connectivity index (χ0n) is 15.1. The minimum absolute atomic E-state index is 0.0711. The molecule has 1 aromatic carbocycles. The molecular weight excluding hydrogens is 358 g/mol. The first-order valence-electron chi connectivity index (χ1n) is 8.55. The van der Waals surface area contributed by atoms with Gasteiger partial charge in [0.15, 0.2) is 5.65 Å². The largest absolute Gasteiger partial charge is 0.366 e. The van der Waals surface area contributed by atoms with E-state index in [1.807, 2.05) is 41.9 Å². The van der Waals surface area contributed by atoms with E-state index < -0.39 is 0 Å². The van der Waals surface area contributed by atoms with Crippen LogP contribution in [0.15, 0.2) is 48.0 Å². The van der Waals surface area contributed by atoms with Crippen LogP contribution >= 0.6 is 11.3 Å². The fourth-order valence-electron chi connectivity index (χ4n) is 2.94. The van der Waals surface area contributed by atoms with Crippen LogP contribution in [-0.4, -0.2) is 20.5 Å². The second kappa shape index (κ2) is 6.85. The van der Waals surface area contributed by atoms with E-state index in [-0.39, 0.29) is 11.9 Å². The molecule has 0 unspecified atom stereocenters. The van der Waals surface area contributed by atoms with Crippen LogP contribution in [0.3, 0.4) is 0 Å². The van der Waals surface area contributed by atoms with Gasteiger partial charge in [0.2, 0.25) is 5.95 Å². The molecule has 6 nitrogen and oxygen atoms in total. The third kappa shape index (κ3) is 3.41. The maximum atomic E-state index is 12.5. The summed E-state index contributed by atoms with van der Waals surface area (Å²) in [5.41, 5.74) is 11.8. The van der Waals surface area contributed by atoms with Crippen LogP contribution in [0.25, 0.3) is 16.8 Å². The molecule has 0 aliphatic rings. The molecule has 136 valence electrons. The topological polar surface area (TPSA) is 85.3 Å². The van der Waals surface area contributed by atoms with Crippen LogP contribution in [0.1, 0.15) is 26.4 Å². The second-order valence-electron chi connectivity index (χ2n) is 6.43. The van der Waals surface area contributed by atoms with Gasteiger partial charge in [-0.1, -0.05) is 18.2 Å². The van der Waals surface area contributed by atoms with Crippen molar-refractivity contribution in [1.82, 2.24) is 19.9 Å². The number of nitrogens with zero attached hydrogens (tertiary/aromatic N) is 3. The van der Waals surface area contributed by atoms with Gasteiger partial charge in [0.25, 0.3) is 5.91 Å². The Morgan fingerprint density at radius 1 is 1.22 bits per heavy atom. The molecule has 3 aromatic heterocycles. The number of carbonyl (C=O) groups is 1. The van der Waals surface area contributed by atoms with Crippen molar-refractivity contribution in [1.29, 1.82) is 0 Å². The van der Waals surface area contributed by atoms with E-state index in [1.54, 1.807) is 4.52 Å². The van der Waals surface area contributed by atoms with E-state index in [2.05, 4.69) is 35.3 Å². The van der Waals surface area contributed by atoms with Crippen LogP contribution in [0.4, 0.5) is 5.95 Å². The highest BCUT2D eigenvalue weighted by Gasteiger charge is 2.12. The van der Waals surface area contributed by atoms with Crippen LogP contribution in [0.2, 0.25) is 0 Å². The third-order valence-corrected chi connectivity index (χ3v) is 5.59. The predicted octanol–water partition coefficient (Wildman–Crippen LogP) is 3.59. The Balaban J connectivity index is 1.50. The van der Waals surface area contributed by atoms with Crippen LogP contribution < -0.4 is 11.1 Å². The number of nitrogens with two attached hydrogens (primary N) is 1. The van der Waals surface area contributed by atoms with Gasteiger partial charge < -0.3 is 11.1 Å². The Kier molecular flexibility index (Phi) is 4.37. The van der Waals surface area contributed by atoms with E-state index in [4.69, 9.17) is 5.73 Å². The maximum absolute atomic E-state index is 12.5. The lowest BCUT2D eigenvalue weighted by atomic mass is 10.0. The summed E-state index contributed by atoms with van der Waals surface area (Å²) >= 11 is 1.42. The summed E-state index contributed by atoms with van der Waals surface area (Å²) in [6, 6.07) is 11.8. The number of nitrogen functional groups attached to an aromatic ring is 1. The van der Waals surface area contributed by atoms with Crippen molar-refractivity contribution < 1.29 is 4.79 Å². The zero-order valence-corrected chi connectivity index (χ0v) is 15.9. The first kappa shape index (κ1) is 17.2. The van der Waals surface area contributed by atoms with E-state index in [9.17, 15) is 4.79 Å². The molecule has 0 saturated carbocycles. The lowest BCUT2D eigenvalue weighted by molar-refractivity contribution is 0.0955. The molecule has 0 radical (unpaired) electrons. The number of carbonyl (C=O) groups excluding carboxylic acids is 1. The minimum Gasteiger partial charge on any atom is -0.366 e. The van der Waals surface area contributed by atoms with Crippen molar-refractivity contribution >= 4 is 28.8 Å². The van der Waals surface area contributed by atoms with Crippen molar-refractivity contribution in [2.75, 3.05) is 5.73 Å². The van der Waals surface area contributed by atoms with E-state index in [0.29, 0.717) is 17.1 Å². The number of aromatic nitrogens is 3. The lowest BCUT2D eigenvalue weighted by Gasteiger charge is -2.09. The molecular formula is C20H19N5OS. The number of amides is 1. The number of anilines is 1. The minimum atomic E-state index is -0.0711. The normalized spacial score (nSPS) is 11.0. The summed E-state index contributed by atoms with van der Waals surface area (Å²) in [6.45, 7) is 4.67. The van der Waals surface area contributed by atoms with Crippen LogP contribution in [0.5, 0.6) is 0 Å². The number of thiophene rings is 1. The van der Waals surface area contributed by atoms with Crippen molar-refractivity contribution in [2.24, 2.45) is 0 Å². The van der Waals surface area contributed by atoms with Crippen molar-refractivity contribution in [3.8, 4) is 11.1 Å². The van der Waals surface area contributed by atoms with Gasteiger partial charge in [0, 0.05) is 18.3 Å². The SMILES string of the molecule is Cc1cccc(CNC(=O)c2cc(-c3ccc4nc(N)nn4c3)cs2)c1C. The number of rotatable bonds is 4. The molecule has 3 heterocycles. The first-order valence-corrected chi connectivity index (χ1v) is 9.43. The molecule has 0 saturated heterocycles. The van der Waals surface area contributed by atoms with Gasteiger partial charge in [0.1, 0.15) is 0 Å². The Morgan fingerprint density at radius 2 is 2.07 bits per heavy atom. The number of pyridine rings is 1. The summed E-state index contributed by atoms with van der Waals surface area (Å²) in [7, 11) is 0. The Hall–Kier alpha value is -3.19. The summed E-state index contributed by atoms with van der Waals surface area (Å²) in [4.78, 5) is 17.3. The van der Waals surface area contributed by atoms with Gasteiger partial charge in [-0.05, 0) is 59.7 Å². The van der Waals surface area contributed by atoms with Gasteiger partial charge >= 0.3 is 0 Å². The van der Waals surface area contributed by atoms with E-state index in [1.165, 1.54) is 22.5 Å². The monoisotopic (exact) mass is 377 g/mol. The van der Waals surface area contributed by atoms with Gasteiger partial charge in [0.05, 0.1) is 4.88 Å². The second-order valence-corrected chi connectivity index (χ2v) is 7.34. The smallest absolute Gasteiger partial charge is 0.261 e. The highest BCUT2D eigenvalue weighted by molar-refractivity contribution is 7.12. The fraction of sp³-hybridized carbons (Fsp3) is 0.150. The molecule has 0 spiro atoms. The Labute approximate surface area is 160 Å².